The van der Waals surface area contributed by atoms with Crippen molar-refractivity contribution in [2.24, 2.45) is 5.92 Å². The molecule has 1 aliphatic rings. The molecule has 2 aromatic rings. The van der Waals surface area contributed by atoms with Gasteiger partial charge in [0.05, 0.1) is 0 Å². The van der Waals surface area contributed by atoms with Crippen molar-refractivity contribution in [3.8, 4) is 0 Å². The summed E-state index contributed by atoms with van der Waals surface area (Å²) in [6, 6.07) is 1.84. The predicted molar refractivity (Wildman–Crippen MR) is 64.7 cm³/mol. The smallest absolute Gasteiger partial charge is 0.225 e. The molecule has 1 fully saturated rings. The van der Waals surface area contributed by atoms with Crippen LogP contribution >= 0.6 is 0 Å². The number of nitrogens with zero attached hydrogens (tertiary/aromatic N) is 5. The number of rotatable bonds is 3. The van der Waals surface area contributed by atoms with E-state index in [9.17, 15) is 0 Å². The van der Waals surface area contributed by atoms with Crippen molar-refractivity contribution >= 4 is 5.95 Å². The van der Waals surface area contributed by atoms with Crippen LogP contribution in [0, 0.1) is 12.8 Å². The molecule has 0 amide bonds. The lowest BCUT2D eigenvalue weighted by Crippen LogP contribution is -2.49. The van der Waals surface area contributed by atoms with Gasteiger partial charge in [0.15, 0.2) is 0 Å². The second kappa shape index (κ2) is 4.16. The fraction of sp³-hybridized carbons (Fsp3) is 0.417. The van der Waals surface area contributed by atoms with Crippen LogP contribution in [0.25, 0.3) is 0 Å². The standard InChI is InChI=1S/C12H15N5/c1-10-13-5-6-16(10)7-11-8-17(9-11)12-14-3-2-4-15-12/h2-6,11H,7-9H2,1H3. The maximum Gasteiger partial charge on any atom is 0.225 e. The molecule has 1 saturated heterocycles. The van der Waals surface area contributed by atoms with Gasteiger partial charge < -0.3 is 9.47 Å². The Balaban J connectivity index is 1.57. The third kappa shape index (κ3) is 2.00. The van der Waals surface area contributed by atoms with Gasteiger partial charge in [0, 0.05) is 50.3 Å². The lowest BCUT2D eigenvalue weighted by molar-refractivity contribution is 0.350. The minimum absolute atomic E-state index is 0.673. The summed E-state index contributed by atoms with van der Waals surface area (Å²) in [7, 11) is 0. The summed E-state index contributed by atoms with van der Waals surface area (Å²) in [5.74, 6) is 2.59. The molecule has 0 N–H and O–H groups in total. The Bertz CT molecular complexity index is 487. The van der Waals surface area contributed by atoms with Crippen LogP contribution in [-0.2, 0) is 6.54 Å². The molecule has 2 aromatic heterocycles. The summed E-state index contributed by atoms with van der Waals surface area (Å²) < 4.78 is 2.20. The van der Waals surface area contributed by atoms with Crippen LogP contribution in [0.15, 0.2) is 30.9 Å². The fourth-order valence-corrected chi connectivity index (χ4v) is 2.18. The van der Waals surface area contributed by atoms with E-state index >= 15 is 0 Å². The van der Waals surface area contributed by atoms with Crippen LogP contribution in [0.3, 0.4) is 0 Å². The van der Waals surface area contributed by atoms with Gasteiger partial charge in [0.2, 0.25) is 5.95 Å². The first-order valence-electron chi connectivity index (χ1n) is 5.82. The van der Waals surface area contributed by atoms with Gasteiger partial charge in [-0.2, -0.15) is 0 Å². The molecule has 1 aliphatic heterocycles. The van der Waals surface area contributed by atoms with Crippen LogP contribution in [-0.4, -0.2) is 32.6 Å². The van der Waals surface area contributed by atoms with Crippen molar-refractivity contribution in [3.63, 3.8) is 0 Å². The van der Waals surface area contributed by atoms with Gasteiger partial charge in [-0.25, -0.2) is 15.0 Å². The summed E-state index contributed by atoms with van der Waals surface area (Å²) in [5, 5.41) is 0. The number of hydrogen-bond donors (Lipinski definition) is 0. The molecular formula is C12H15N5. The third-order valence-electron chi connectivity index (χ3n) is 3.17. The summed E-state index contributed by atoms with van der Waals surface area (Å²) in [6.07, 6.45) is 7.47. The fourth-order valence-electron chi connectivity index (χ4n) is 2.18. The van der Waals surface area contributed by atoms with Gasteiger partial charge in [-0.3, -0.25) is 0 Å². The molecule has 0 spiro atoms. The first-order valence-corrected chi connectivity index (χ1v) is 5.82. The minimum Gasteiger partial charge on any atom is -0.340 e. The van der Waals surface area contributed by atoms with E-state index in [-0.39, 0.29) is 0 Å². The Morgan fingerprint density at radius 3 is 2.59 bits per heavy atom. The zero-order valence-corrected chi connectivity index (χ0v) is 9.82. The highest BCUT2D eigenvalue weighted by Gasteiger charge is 2.28. The molecule has 0 aromatic carbocycles. The largest absolute Gasteiger partial charge is 0.340 e. The van der Waals surface area contributed by atoms with E-state index in [1.165, 1.54) is 0 Å². The molecule has 0 saturated carbocycles. The Kier molecular flexibility index (Phi) is 2.51. The van der Waals surface area contributed by atoms with Crippen LogP contribution < -0.4 is 4.90 Å². The number of aryl methyl sites for hydroxylation is 1. The predicted octanol–water partition coefficient (Wildman–Crippen LogP) is 1.12. The molecule has 5 nitrogen and oxygen atoms in total. The van der Waals surface area contributed by atoms with Crippen molar-refractivity contribution in [1.29, 1.82) is 0 Å². The van der Waals surface area contributed by atoms with Crippen LogP contribution in [0.2, 0.25) is 0 Å². The van der Waals surface area contributed by atoms with E-state index in [1.54, 1.807) is 12.4 Å². The first-order chi connectivity index (χ1) is 8.33. The average Bonchev–Trinajstić information content (AvgIpc) is 2.70. The molecule has 3 rings (SSSR count). The van der Waals surface area contributed by atoms with E-state index in [0.29, 0.717) is 5.92 Å². The average molecular weight is 229 g/mol. The third-order valence-corrected chi connectivity index (χ3v) is 3.17. The lowest BCUT2D eigenvalue weighted by Gasteiger charge is -2.39. The summed E-state index contributed by atoms with van der Waals surface area (Å²) in [4.78, 5) is 14.9. The minimum atomic E-state index is 0.673. The van der Waals surface area contributed by atoms with Crippen LogP contribution in [0.5, 0.6) is 0 Å². The zero-order valence-electron chi connectivity index (χ0n) is 9.82. The molecule has 5 heteroatoms. The van der Waals surface area contributed by atoms with E-state index in [0.717, 1.165) is 31.4 Å². The zero-order chi connectivity index (χ0) is 11.7. The summed E-state index contributed by atoms with van der Waals surface area (Å²) in [5.41, 5.74) is 0. The maximum atomic E-state index is 4.25. The van der Waals surface area contributed by atoms with Crippen molar-refractivity contribution < 1.29 is 0 Å². The quantitative estimate of drug-likeness (QED) is 0.791. The normalized spacial score (nSPS) is 15.9. The van der Waals surface area contributed by atoms with E-state index in [2.05, 4.69) is 24.4 Å². The monoisotopic (exact) mass is 229 g/mol. The second-order valence-electron chi connectivity index (χ2n) is 4.45. The Labute approximate surface area is 100 Å². The van der Waals surface area contributed by atoms with Gasteiger partial charge in [0.1, 0.15) is 5.82 Å². The van der Waals surface area contributed by atoms with Crippen molar-refractivity contribution in [1.82, 2.24) is 19.5 Å². The van der Waals surface area contributed by atoms with Gasteiger partial charge in [-0.15, -0.1) is 0 Å². The molecule has 0 unspecified atom stereocenters. The van der Waals surface area contributed by atoms with Crippen molar-refractivity contribution in [2.75, 3.05) is 18.0 Å². The van der Waals surface area contributed by atoms with Crippen molar-refractivity contribution in [2.45, 2.75) is 13.5 Å². The van der Waals surface area contributed by atoms with Gasteiger partial charge in [-0.1, -0.05) is 0 Å². The molecule has 0 bridgehead atoms. The Hall–Kier alpha value is -1.91. The molecule has 0 atom stereocenters. The van der Waals surface area contributed by atoms with Crippen LogP contribution in [0.1, 0.15) is 5.82 Å². The summed E-state index contributed by atoms with van der Waals surface area (Å²) >= 11 is 0. The maximum absolute atomic E-state index is 4.25. The Morgan fingerprint density at radius 1 is 1.18 bits per heavy atom. The van der Waals surface area contributed by atoms with Gasteiger partial charge in [-0.05, 0) is 13.0 Å². The first kappa shape index (κ1) is 10.3. The van der Waals surface area contributed by atoms with E-state index in [4.69, 9.17) is 0 Å². The number of anilines is 1. The topological polar surface area (TPSA) is 46.8 Å². The number of imidazole rings is 1. The molecule has 17 heavy (non-hydrogen) atoms. The highest BCUT2D eigenvalue weighted by Crippen LogP contribution is 2.22. The molecule has 3 heterocycles. The highest BCUT2D eigenvalue weighted by atomic mass is 15.3. The Morgan fingerprint density at radius 2 is 1.94 bits per heavy atom. The second-order valence-corrected chi connectivity index (χ2v) is 4.45. The molecule has 0 aliphatic carbocycles. The van der Waals surface area contributed by atoms with Crippen molar-refractivity contribution in [3.05, 3.63) is 36.7 Å². The molecule has 88 valence electrons. The highest BCUT2D eigenvalue weighted by molar-refractivity contribution is 5.32. The SMILES string of the molecule is Cc1nccn1CC1CN(c2ncccn2)C1. The molecule has 0 radical (unpaired) electrons. The van der Waals surface area contributed by atoms with Crippen LogP contribution in [0.4, 0.5) is 5.95 Å². The molecular weight excluding hydrogens is 214 g/mol. The van der Waals surface area contributed by atoms with E-state index in [1.807, 2.05) is 25.4 Å². The van der Waals surface area contributed by atoms with E-state index < -0.39 is 0 Å². The van der Waals surface area contributed by atoms with Gasteiger partial charge in [0.25, 0.3) is 0 Å². The van der Waals surface area contributed by atoms with Gasteiger partial charge >= 0.3 is 0 Å². The lowest BCUT2D eigenvalue weighted by atomic mass is 10.0. The number of hydrogen-bond acceptors (Lipinski definition) is 4. The summed E-state index contributed by atoms with van der Waals surface area (Å²) in [6.45, 7) is 5.13. The number of aromatic nitrogens is 4.